The fourth-order valence-electron chi connectivity index (χ4n) is 4.02. The molecule has 1 fully saturated rings. The fourth-order valence-corrected chi connectivity index (χ4v) is 4.02. The predicted molar refractivity (Wildman–Crippen MR) is 129 cm³/mol. The second-order valence-electron chi connectivity index (χ2n) is 9.86. The number of ether oxygens (including phenoxy) is 1. The van der Waals surface area contributed by atoms with Gasteiger partial charge in [0.15, 0.2) is 0 Å². The highest BCUT2D eigenvalue weighted by atomic mass is 16.5. The molecule has 0 saturated carbocycles. The summed E-state index contributed by atoms with van der Waals surface area (Å²) in [6.45, 7) is 9.32. The average Bonchev–Trinajstić information content (AvgIpc) is 3.04. The maximum Gasteiger partial charge on any atom is 0.225 e. The Morgan fingerprint density at radius 1 is 1.30 bits per heavy atom. The van der Waals surface area contributed by atoms with Crippen molar-refractivity contribution in [2.45, 2.75) is 46.0 Å². The summed E-state index contributed by atoms with van der Waals surface area (Å²) in [6, 6.07) is 8.09. The van der Waals surface area contributed by atoms with Gasteiger partial charge in [0.2, 0.25) is 11.9 Å². The molecule has 0 aliphatic carbocycles. The van der Waals surface area contributed by atoms with E-state index in [1.807, 2.05) is 57.1 Å². The number of carbonyl (C=O) groups excluding carboxylic acids is 1. The molecule has 1 saturated heterocycles. The Bertz CT molecular complexity index is 1040. The summed E-state index contributed by atoms with van der Waals surface area (Å²) in [5.74, 6) is 0.948. The zero-order chi connectivity index (χ0) is 23.9. The molecule has 6 N–H and O–H groups in total. The van der Waals surface area contributed by atoms with Crippen LogP contribution in [0.25, 0.3) is 11.3 Å². The number of nitrogen functional groups attached to an aromatic ring is 1. The summed E-state index contributed by atoms with van der Waals surface area (Å²) in [6.07, 6.45) is -0.335. The smallest absolute Gasteiger partial charge is 0.225 e. The lowest BCUT2D eigenvalue weighted by molar-refractivity contribution is -0.129. The quantitative estimate of drug-likeness (QED) is 0.544. The fraction of sp³-hybridized carbons (Fsp3) is 0.522. The van der Waals surface area contributed by atoms with Gasteiger partial charge < -0.3 is 31.8 Å². The van der Waals surface area contributed by atoms with Crippen molar-refractivity contribution in [3.8, 4) is 11.3 Å². The Morgan fingerprint density at radius 3 is 2.79 bits per heavy atom. The summed E-state index contributed by atoms with van der Waals surface area (Å²) in [5, 5.41) is 4.85. The Balaban J connectivity index is 1.54. The number of benzene rings is 1. The van der Waals surface area contributed by atoms with E-state index in [2.05, 4.69) is 32.5 Å². The van der Waals surface area contributed by atoms with E-state index in [-0.39, 0.29) is 30.2 Å². The Hall–Kier alpha value is -2.95. The molecular formula is C23H34N8O2. The number of nitrogens with two attached hydrogens (primary N) is 2. The summed E-state index contributed by atoms with van der Waals surface area (Å²) < 4.78 is 5.96. The van der Waals surface area contributed by atoms with Gasteiger partial charge >= 0.3 is 0 Å². The van der Waals surface area contributed by atoms with Crippen molar-refractivity contribution < 1.29 is 9.53 Å². The van der Waals surface area contributed by atoms with Gasteiger partial charge in [-0.1, -0.05) is 32.9 Å². The van der Waals surface area contributed by atoms with E-state index >= 15 is 0 Å². The van der Waals surface area contributed by atoms with Crippen molar-refractivity contribution in [2.75, 3.05) is 42.8 Å². The number of anilines is 3. The van der Waals surface area contributed by atoms with Crippen LogP contribution in [-0.4, -0.2) is 59.8 Å². The first kappa shape index (κ1) is 23.2. The predicted octanol–water partition coefficient (Wildman–Crippen LogP) is 1.71. The summed E-state index contributed by atoms with van der Waals surface area (Å²) in [4.78, 5) is 23.4. The van der Waals surface area contributed by atoms with Crippen LogP contribution in [-0.2, 0) is 9.53 Å². The van der Waals surface area contributed by atoms with E-state index in [1.165, 1.54) is 0 Å². The van der Waals surface area contributed by atoms with Crippen LogP contribution in [0, 0.1) is 5.41 Å². The minimum Gasteiger partial charge on any atom is -0.372 e. The third-order valence-electron chi connectivity index (χ3n) is 6.08. The number of amides is 1. The number of fused-ring (bicyclic) bond motifs is 1. The third-order valence-corrected chi connectivity index (χ3v) is 6.08. The third kappa shape index (κ3) is 4.87. The Labute approximate surface area is 194 Å². The molecule has 2 aromatic rings. The second-order valence-corrected chi connectivity index (χ2v) is 9.86. The first-order valence-corrected chi connectivity index (χ1v) is 11.2. The molecule has 3 atom stereocenters. The number of aromatic nitrogens is 2. The molecule has 2 aliphatic heterocycles. The van der Waals surface area contributed by atoms with Crippen LogP contribution in [0.1, 0.15) is 39.4 Å². The lowest BCUT2D eigenvalue weighted by Crippen LogP contribution is -2.53. The summed E-state index contributed by atoms with van der Waals surface area (Å²) in [7, 11) is 1.91. The SMILES string of the molecule is CC1COC(CNC(=O)C(C)(C)C)CN1c1cc(-c2ccc3c(c2)NN(C)C3N)nc(N)n1. The first-order chi connectivity index (χ1) is 15.5. The van der Waals surface area contributed by atoms with E-state index in [0.717, 1.165) is 28.3 Å². The van der Waals surface area contributed by atoms with E-state index < -0.39 is 5.41 Å². The highest BCUT2D eigenvalue weighted by Crippen LogP contribution is 2.35. The monoisotopic (exact) mass is 454 g/mol. The van der Waals surface area contributed by atoms with Crippen LogP contribution < -0.4 is 27.1 Å². The van der Waals surface area contributed by atoms with Gasteiger partial charge in [0.1, 0.15) is 12.0 Å². The summed E-state index contributed by atoms with van der Waals surface area (Å²) >= 11 is 0. The molecule has 10 heteroatoms. The molecule has 2 aliphatic rings. The molecule has 3 unspecified atom stereocenters. The molecule has 1 aromatic carbocycles. The normalized spacial score (nSPS) is 23.2. The number of nitrogens with one attached hydrogen (secondary N) is 2. The molecule has 33 heavy (non-hydrogen) atoms. The van der Waals surface area contributed by atoms with Crippen LogP contribution in [0.2, 0.25) is 0 Å². The van der Waals surface area contributed by atoms with Crippen molar-refractivity contribution in [1.82, 2.24) is 20.3 Å². The number of rotatable bonds is 4. The lowest BCUT2D eigenvalue weighted by atomic mass is 9.95. The minimum absolute atomic E-state index is 0.000390. The number of hydrogen-bond acceptors (Lipinski definition) is 9. The molecule has 0 bridgehead atoms. The van der Waals surface area contributed by atoms with Crippen LogP contribution in [0.4, 0.5) is 17.5 Å². The number of morpholine rings is 1. The zero-order valence-corrected chi connectivity index (χ0v) is 19.9. The summed E-state index contributed by atoms with van der Waals surface area (Å²) in [5.41, 5.74) is 18.8. The van der Waals surface area contributed by atoms with Gasteiger partial charge in [0.05, 0.1) is 30.1 Å². The van der Waals surface area contributed by atoms with Gasteiger partial charge in [0.25, 0.3) is 0 Å². The minimum atomic E-state index is -0.443. The van der Waals surface area contributed by atoms with E-state index in [9.17, 15) is 4.79 Å². The van der Waals surface area contributed by atoms with Crippen LogP contribution in [0.5, 0.6) is 0 Å². The van der Waals surface area contributed by atoms with Gasteiger partial charge in [-0.15, -0.1) is 0 Å². The lowest BCUT2D eigenvalue weighted by Gasteiger charge is -2.39. The number of nitrogens with zero attached hydrogens (tertiary/aromatic N) is 4. The topological polar surface area (TPSA) is 135 Å². The number of hydrogen-bond donors (Lipinski definition) is 4. The van der Waals surface area contributed by atoms with Crippen molar-refractivity contribution in [3.63, 3.8) is 0 Å². The van der Waals surface area contributed by atoms with Crippen molar-refractivity contribution in [2.24, 2.45) is 11.1 Å². The average molecular weight is 455 g/mol. The molecule has 3 heterocycles. The molecule has 1 aromatic heterocycles. The first-order valence-electron chi connectivity index (χ1n) is 11.2. The van der Waals surface area contributed by atoms with E-state index in [1.54, 1.807) is 0 Å². The van der Waals surface area contributed by atoms with Gasteiger partial charge in [-0.25, -0.2) is 9.99 Å². The van der Waals surface area contributed by atoms with E-state index in [4.69, 9.17) is 16.2 Å². The van der Waals surface area contributed by atoms with Gasteiger partial charge in [0, 0.05) is 42.7 Å². The van der Waals surface area contributed by atoms with Crippen molar-refractivity contribution >= 4 is 23.4 Å². The number of hydrazine groups is 1. The second kappa shape index (κ2) is 8.77. The van der Waals surface area contributed by atoms with Crippen LogP contribution in [0.15, 0.2) is 24.3 Å². The zero-order valence-electron chi connectivity index (χ0n) is 19.9. The Kier molecular flexibility index (Phi) is 6.17. The molecular weight excluding hydrogens is 420 g/mol. The van der Waals surface area contributed by atoms with Crippen molar-refractivity contribution in [3.05, 3.63) is 29.8 Å². The molecule has 4 rings (SSSR count). The van der Waals surface area contributed by atoms with Gasteiger partial charge in [-0.2, -0.15) is 4.98 Å². The Morgan fingerprint density at radius 2 is 2.06 bits per heavy atom. The molecule has 178 valence electrons. The highest BCUT2D eigenvalue weighted by Gasteiger charge is 2.30. The largest absolute Gasteiger partial charge is 0.372 e. The highest BCUT2D eigenvalue weighted by molar-refractivity contribution is 5.81. The maximum absolute atomic E-state index is 12.3. The molecule has 0 radical (unpaired) electrons. The molecule has 1 amide bonds. The van der Waals surface area contributed by atoms with E-state index in [0.29, 0.717) is 19.7 Å². The van der Waals surface area contributed by atoms with Crippen molar-refractivity contribution in [1.29, 1.82) is 0 Å². The maximum atomic E-state index is 12.3. The molecule has 0 spiro atoms. The van der Waals surface area contributed by atoms with Gasteiger partial charge in [-0.05, 0) is 13.0 Å². The molecule has 10 nitrogen and oxygen atoms in total. The van der Waals surface area contributed by atoms with Crippen LogP contribution >= 0.6 is 0 Å². The standard InChI is InChI=1S/C23H34N8O2/c1-13-12-33-15(10-26-21(32)23(2,3)4)11-31(13)19-9-17(27-22(25)28-19)14-6-7-16-18(8-14)29-30(5)20(16)24/h6-9,13,15,20,29H,10-12,24H2,1-5H3,(H,26,32)(H2,25,27,28). The van der Waals surface area contributed by atoms with Crippen LogP contribution in [0.3, 0.4) is 0 Å². The van der Waals surface area contributed by atoms with Gasteiger partial charge in [-0.3, -0.25) is 4.79 Å². The number of carbonyl (C=O) groups is 1.